The maximum Gasteiger partial charge on any atom is 0.256 e. The molecule has 2 aromatic carbocycles. The largest absolute Gasteiger partial charge is 0.492 e. The van der Waals surface area contributed by atoms with Crippen molar-refractivity contribution in [2.75, 3.05) is 23.8 Å². The molecule has 1 aliphatic heterocycles. The van der Waals surface area contributed by atoms with Crippen molar-refractivity contribution in [3.8, 4) is 5.75 Å². The van der Waals surface area contributed by atoms with E-state index in [-0.39, 0.29) is 24.2 Å². The predicted octanol–water partition coefficient (Wildman–Crippen LogP) is 3.86. The minimum Gasteiger partial charge on any atom is -0.492 e. The van der Waals surface area contributed by atoms with Crippen LogP contribution in [0.3, 0.4) is 0 Å². The first kappa shape index (κ1) is 23.7. The highest BCUT2D eigenvalue weighted by Gasteiger charge is 2.24. The Bertz CT molecular complexity index is 1450. The molecule has 1 aliphatic rings. The highest BCUT2D eigenvalue weighted by Crippen LogP contribution is 2.35. The summed E-state index contributed by atoms with van der Waals surface area (Å²) in [7, 11) is 0. The van der Waals surface area contributed by atoms with E-state index in [1.807, 2.05) is 6.07 Å². The van der Waals surface area contributed by atoms with Crippen molar-refractivity contribution in [2.45, 2.75) is 6.54 Å². The van der Waals surface area contributed by atoms with Gasteiger partial charge < -0.3 is 25.7 Å². The third kappa shape index (κ3) is 5.64. The number of benzene rings is 2. The number of fused-ring (bicyclic) bond motifs is 1. The number of halogens is 1. The van der Waals surface area contributed by atoms with Crippen molar-refractivity contribution >= 4 is 35.0 Å². The van der Waals surface area contributed by atoms with Crippen LogP contribution in [0.4, 0.5) is 15.9 Å². The summed E-state index contributed by atoms with van der Waals surface area (Å²) in [6, 6.07) is 14.7. The number of H-pyrrole nitrogens is 1. The molecule has 3 heterocycles. The quantitative estimate of drug-likeness (QED) is 0.205. The molecular formula is C27H23FN6O3. The van der Waals surface area contributed by atoms with Crippen LogP contribution in [-0.4, -0.2) is 39.9 Å². The first-order chi connectivity index (χ1) is 18.1. The average Bonchev–Trinajstić information content (AvgIpc) is 3.54. The zero-order valence-corrected chi connectivity index (χ0v) is 19.6. The number of aromatic nitrogens is 3. The van der Waals surface area contributed by atoms with E-state index in [9.17, 15) is 14.0 Å². The minimum absolute atomic E-state index is 0.191. The lowest BCUT2D eigenvalue weighted by atomic mass is 10.1. The van der Waals surface area contributed by atoms with Gasteiger partial charge in [0.25, 0.3) is 11.8 Å². The summed E-state index contributed by atoms with van der Waals surface area (Å²) in [5, 5.41) is 8.80. The Hall–Kier alpha value is -4.99. The van der Waals surface area contributed by atoms with E-state index in [4.69, 9.17) is 4.74 Å². The van der Waals surface area contributed by atoms with Crippen LogP contribution >= 0.6 is 0 Å². The Labute approximate surface area is 211 Å². The Morgan fingerprint density at radius 1 is 1.14 bits per heavy atom. The van der Waals surface area contributed by atoms with E-state index >= 15 is 0 Å². The van der Waals surface area contributed by atoms with Crippen molar-refractivity contribution in [1.82, 2.24) is 20.3 Å². The van der Waals surface area contributed by atoms with Crippen LogP contribution < -0.4 is 20.7 Å². The van der Waals surface area contributed by atoms with Crippen LogP contribution in [0.15, 0.2) is 73.3 Å². The first-order valence-electron chi connectivity index (χ1n) is 11.6. The molecule has 0 radical (unpaired) electrons. The molecule has 4 aromatic rings. The van der Waals surface area contributed by atoms with Gasteiger partial charge in [0.05, 0.1) is 41.6 Å². The first-order valence-corrected chi connectivity index (χ1v) is 11.6. The second-order valence-corrected chi connectivity index (χ2v) is 8.21. The lowest BCUT2D eigenvalue weighted by Crippen LogP contribution is -2.25. The SMILES string of the molecule is O=C1Nc2cc(OCCNc3ncccc3C(=O)NCc3ccc(F)cc3)ccc2/C1=C/c1cnc[nH]1. The molecule has 0 saturated carbocycles. The number of imidazole rings is 1. The Kier molecular flexibility index (Phi) is 6.89. The van der Waals surface area contributed by atoms with Crippen LogP contribution in [0.25, 0.3) is 11.6 Å². The molecule has 4 N–H and O–H groups in total. The highest BCUT2D eigenvalue weighted by molar-refractivity contribution is 6.34. The van der Waals surface area contributed by atoms with Crippen LogP contribution in [-0.2, 0) is 11.3 Å². The molecule has 2 aromatic heterocycles. The van der Waals surface area contributed by atoms with Crippen LogP contribution in [0, 0.1) is 5.82 Å². The van der Waals surface area contributed by atoms with Crippen LogP contribution in [0.1, 0.15) is 27.2 Å². The van der Waals surface area contributed by atoms with Gasteiger partial charge in [0.2, 0.25) is 0 Å². The molecule has 9 nitrogen and oxygen atoms in total. The Morgan fingerprint density at radius 2 is 2.00 bits per heavy atom. The highest BCUT2D eigenvalue weighted by atomic mass is 19.1. The maximum absolute atomic E-state index is 13.1. The Morgan fingerprint density at radius 3 is 2.81 bits per heavy atom. The monoisotopic (exact) mass is 498 g/mol. The molecule has 2 amide bonds. The van der Waals surface area contributed by atoms with Crippen LogP contribution in [0.2, 0.25) is 0 Å². The van der Waals surface area contributed by atoms with Crippen molar-refractivity contribution in [3.05, 3.63) is 102 Å². The fraction of sp³-hybridized carbons (Fsp3) is 0.111. The molecule has 0 saturated heterocycles. The number of hydrogen-bond acceptors (Lipinski definition) is 6. The predicted molar refractivity (Wildman–Crippen MR) is 137 cm³/mol. The number of carbonyl (C=O) groups excluding carboxylic acids is 2. The molecule has 0 unspecified atom stereocenters. The van der Waals surface area contributed by atoms with E-state index in [1.54, 1.807) is 61.2 Å². The van der Waals surface area contributed by atoms with E-state index in [1.165, 1.54) is 12.1 Å². The zero-order chi connectivity index (χ0) is 25.6. The molecular weight excluding hydrogens is 475 g/mol. The summed E-state index contributed by atoms with van der Waals surface area (Å²) in [5.74, 6) is 0.213. The lowest BCUT2D eigenvalue weighted by Gasteiger charge is -2.12. The van der Waals surface area contributed by atoms with Crippen molar-refractivity contribution in [1.29, 1.82) is 0 Å². The number of pyridine rings is 1. The topological polar surface area (TPSA) is 121 Å². The molecule has 0 atom stereocenters. The van der Waals surface area contributed by atoms with E-state index in [2.05, 4.69) is 30.9 Å². The second kappa shape index (κ2) is 10.7. The average molecular weight is 499 g/mol. The second-order valence-electron chi connectivity index (χ2n) is 8.21. The molecule has 0 bridgehead atoms. The fourth-order valence-corrected chi connectivity index (χ4v) is 3.86. The molecule has 186 valence electrons. The van der Waals surface area contributed by atoms with Gasteiger partial charge >= 0.3 is 0 Å². The lowest BCUT2D eigenvalue weighted by molar-refractivity contribution is -0.110. The van der Waals surface area contributed by atoms with Gasteiger partial charge in [0, 0.05) is 24.4 Å². The summed E-state index contributed by atoms with van der Waals surface area (Å²) >= 11 is 0. The molecule has 10 heteroatoms. The normalized spacial score (nSPS) is 13.2. The number of nitrogens with one attached hydrogen (secondary N) is 4. The summed E-state index contributed by atoms with van der Waals surface area (Å²) in [5.41, 5.74) is 3.92. The summed E-state index contributed by atoms with van der Waals surface area (Å²) in [4.78, 5) is 36.3. The number of nitrogens with zero attached hydrogens (tertiary/aromatic N) is 2. The number of amides is 2. The van der Waals surface area contributed by atoms with Gasteiger partial charge in [0.1, 0.15) is 24.0 Å². The Balaban J connectivity index is 1.16. The number of ether oxygens (including phenoxy) is 1. The van der Waals surface area contributed by atoms with Gasteiger partial charge in [-0.05, 0) is 48.0 Å². The number of rotatable bonds is 9. The third-order valence-corrected chi connectivity index (χ3v) is 5.68. The summed E-state index contributed by atoms with van der Waals surface area (Å²) in [6.07, 6.45) is 6.54. The third-order valence-electron chi connectivity index (χ3n) is 5.68. The molecule has 5 rings (SSSR count). The van der Waals surface area contributed by atoms with E-state index in [0.717, 1.165) is 16.8 Å². The summed E-state index contributed by atoms with van der Waals surface area (Å²) in [6.45, 7) is 0.963. The minimum atomic E-state index is -0.326. The van der Waals surface area contributed by atoms with Crippen molar-refractivity contribution < 1.29 is 18.7 Å². The standard InChI is InChI=1S/C27H23FN6O3/c28-18-5-3-17(4-6-18)14-32-26(35)22-2-1-9-30-25(22)31-10-11-37-20-7-8-21-23(12-19-15-29-16-33-19)27(36)34-24(21)13-20/h1-9,12-13,15-16H,10-11,14H2,(H,29,33)(H,30,31)(H,32,35)(H,34,36)/b23-12-. The fourth-order valence-electron chi connectivity index (χ4n) is 3.86. The van der Waals surface area contributed by atoms with Gasteiger partial charge in [0.15, 0.2) is 0 Å². The number of carbonyl (C=O) groups is 2. The molecule has 0 spiro atoms. The van der Waals surface area contributed by atoms with Gasteiger partial charge in [-0.2, -0.15) is 0 Å². The maximum atomic E-state index is 13.1. The number of hydrogen-bond donors (Lipinski definition) is 4. The van der Waals surface area contributed by atoms with Gasteiger partial charge in [-0.25, -0.2) is 14.4 Å². The molecule has 37 heavy (non-hydrogen) atoms. The zero-order valence-electron chi connectivity index (χ0n) is 19.6. The van der Waals surface area contributed by atoms with Crippen molar-refractivity contribution in [3.63, 3.8) is 0 Å². The van der Waals surface area contributed by atoms with Gasteiger partial charge in [-0.1, -0.05) is 12.1 Å². The molecule has 0 aliphatic carbocycles. The molecule has 0 fully saturated rings. The number of aromatic amines is 1. The van der Waals surface area contributed by atoms with E-state index < -0.39 is 0 Å². The van der Waals surface area contributed by atoms with Crippen molar-refractivity contribution in [2.24, 2.45) is 0 Å². The van der Waals surface area contributed by atoms with E-state index in [0.29, 0.717) is 41.5 Å². The number of anilines is 2. The smallest absolute Gasteiger partial charge is 0.256 e. The summed E-state index contributed by atoms with van der Waals surface area (Å²) < 4.78 is 18.9. The van der Waals surface area contributed by atoms with Gasteiger partial charge in [-0.3, -0.25) is 9.59 Å². The van der Waals surface area contributed by atoms with Crippen LogP contribution in [0.5, 0.6) is 5.75 Å². The van der Waals surface area contributed by atoms with Gasteiger partial charge in [-0.15, -0.1) is 0 Å².